The first-order valence-electron chi connectivity index (χ1n) is 6.71. The standard InChI is InChI=1S/C15H18N2O4S2/c1-22(18,19)17(23(2,20)21)11-13-5-3-4-6-15(13)12-7-9-14(16)10-8-12/h3-10H,11,16H2,1-2H3. The molecule has 0 amide bonds. The quantitative estimate of drug-likeness (QED) is 0.824. The minimum atomic E-state index is -3.90. The fourth-order valence-electron chi connectivity index (χ4n) is 2.22. The second-order valence-corrected chi connectivity index (χ2v) is 9.28. The zero-order valence-corrected chi connectivity index (χ0v) is 14.4. The third-order valence-corrected chi connectivity index (χ3v) is 6.64. The molecule has 0 spiro atoms. The van der Waals surface area contributed by atoms with E-state index >= 15 is 0 Å². The van der Waals surface area contributed by atoms with Crippen molar-refractivity contribution in [2.45, 2.75) is 6.54 Å². The molecule has 0 aliphatic carbocycles. The monoisotopic (exact) mass is 354 g/mol. The molecule has 0 atom stereocenters. The van der Waals surface area contributed by atoms with Gasteiger partial charge in [-0.25, -0.2) is 16.8 Å². The van der Waals surface area contributed by atoms with Gasteiger partial charge in [0.25, 0.3) is 0 Å². The summed E-state index contributed by atoms with van der Waals surface area (Å²) in [5.74, 6) is 0. The molecular weight excluding hydrogens is 336 g/mol. The second-order valence-electron chi connectivity index (χ2n) is 5.24. The van der Waals surface area contributed by atoms with Gasteiger partial charge in [0.15, 0.2) is 0 Å². The Hall–Kier alpha value is -1.90. The van der Waals surface area contributed by atoms with E-state index in [9.17, 15) is 16.8 Å². The third kappa shape index (κ3) is 4.31. The number of nitrogens with two attached hydrogens (primary N) is 1. The number of nitrogen functional groups attached to an aromatic ring is 1. The molecule has 6 nitrogen and oxygen atoms in total. The molecule has 0 radical (unpaired) electrons. The van der Waals surface area contributed by atoms with Gasteiger partial charge in [-0.1, -0.05) is 40.1 Å². The maximum Gasteiger partial charge on any atom is 0.224 e. The van der Waals surface area contributed by atoms with Gasteiger partial charge in [-0.3, -0.25) is 0 Å². The van der Waals surface area contributed by atoms with Gasteiger partial charge in [0.2, 0.25) is 20.0 Å². The SMILES string of the molecule is CS(=O)(=O)N(Cc1ccccc1-c1ccc(N)cc1)S(C)(=O)=O. The predicted molar refractivity (Wildman–Crippen MR) is 91.5 cm³/mol. The van der Waals surface area contributed by atoms with E-state index in [1.165, 1.54) is 0 Å². The molecule has 2 rings (SSSR count). The highest BCUT2D eigenvalue weighted by atomic mass is 32.3. The minimum absolute atomic E-state index is 0.252. The smallest absolute Gasteiger partial charge is 0.224 e. The van der Waals surface area contributed by atoms with Crippen molar-refractivity contribution in [1.29, 1.82) is 0 Å². The number of nitrogens with zero attached hydrogens (tertiary/aromatic N) is 1. The van der Waals surface area contributed by atoms with E-state index in [2.05, 4.69) is 0 Å². The maximum atomic E-state index is 11.8. The lowest BCUT2D eigenvalue weighted by Crippen LogP contribution is -2.34. The molecule has 8 heteroatoms. The Bertz CT molecular complexity index is 873. The van der Waals surface area contributed by atoms with E-state index in [-0.39, 0.29) is 6.54 Å². The van der Waals surface area contributed by atoms with Crippen LogP contribution in [0.25, 0.3) is 11.1 Å². The number of anilines is 1. The lowest BCUT2D eigenvalue weighted by Gasteiger charge is -2.19. The average Bonchev–Trinajstić information content (AvgIpc) is 2.44. The number of rotatable bonds is 5. The zero-order chi connectivity index (χ0) is 17.3. The number of benzene rings is 2. The first kappa shape index (κ1) is 17.5. The normalized spacial score (nSPS) is 12.5. The highest BCUT2D eigenvalue weighted by Crippen LogP contribution is 2.26. The summed E-state index contributed by atoms with van der Waals surface area (Å²) in [4.78, 5) is 0. The molecule has 2 aromatic rings. The lowest BCUT2D eigenvalue weighted by molar-refractivity contribution is 0.503. The van der Waals surface area contributed by atoms with Crippen molar-refractivity contribution in [1.82, 2.24) is 3.71 Å². The van der Waals surface area contributed by atoms with Gasteiger partial charge in [0.05, 0.1) is 19.1 Å². The fraction of sp³-hybridized carbons (Fsp3) is 0.200. The molecule has 0 aromatic heterocycles. The van der Waals surface area contributed by atoms with Gasteiger partial charge in [-0.15, -0.1) is 0 Å². The molecule has 23 heavy (non-hydrogen) atoms. The summed E-state index contributed by atoms with van der Waals surface area (Å²) in [6.07, 6.45) is 1.75. The van der Waals surface area contributed by atoms with Crippen molar-refractivity contribution in [2.75, 3.05) is 18.2 Å². The number of sulfonamides is 2. The van der Waals surface area contributed by atoms with Crippen molar-refractivity contribution in [3.05, 3.63) is 54.1 Å². The number of hydrogen-bond donors (Lipinski definition) is 1. The van der Waals surface area contributed by atoms with Crippen LogP contribution in [0.15, 0.2) is 48.5 Å². The van der Waals surface area contributed by atoms with Crippen LogP contribution in [0.5, 0.6) is 0 Å². The number of hydrogen-bond acceptors (Lipinski definition) is 5. The van der Waals surface area contributed by atoms with Crippen LogP contribution in [0.1, 0.15) is 5.56 Å². The van der Waals surface area contributed by atoms with Crippen LogP contribution in [0.4, 0.5) is 5.69 Å². The minimum Gasteiger partial charge on any atom is -0.399 e. The molecule has 0 aliphatic rings. The van der Waals surface area contributed by atoms with E-state index in [0.717, 1.165) is 23.6 Å². The van der Waals surface area contributed by atoms with Crippen molar-refractivity contribution in [3.63, 3.8) is 0 Å². The maximum absolute atomic E-state index is 11.8. The van der Waals surface area contributed by atoms with Crippen molar-refractivity contribution >= 4 is 25.7 Å². The molecule has 0 saturated carbocycles. The molecular formula is C15H18N2O4S2. The Balaban J connectivity index is 2.51. The van der Waals surface area contributed by atoms with Crippen LogP contribution in [0.2, 0.25) is 0 Å². The van der Waals surface area contributed by atoms with Crippen LogP contribution >= 0.6 is 0 Å². The van der Waals surface area contributed by atoms with Gasteiger partial charge >= 0.3 is 0 Å². The molecule has 0 saturated heterocycles. The molecule has 2 N–H and O–H groups in total. The highest BCUT2D eigenvalue weighted by Gasteiger charge is 2.27. The summed E-state index contributed by atoms with van der Waals surface area (Å²) in [7, 11) is -7.80. The van der Waals surface area contributed by atoms with Crippen molar-refractivity contribution < 1.29 is 16.8 Å². The van der Waals surface area contributed by atoms with E-state index < -0.39 is 20.0 Å². The molecule has 0 fully saturated rings. The summed E-state index contributed by atoms with van der Waals surface area (Å²) in [6, 6.07) is 14.1. The summed E-state index contributed by atoms with van der Waals surface area (Å²) in [5.41, 5.74) is 8.46. The Labute approximate surface area is 136 Å². The Morgan fingerprint density at radius 2 is 1.39 bits per heavy atom. The first-order valence-corrected chi connectivity index (χ1v) is 10.4. The molecule has 0 heterocycles. The van der Waals surface area contributed by atoms with Crippen molar-refractivity contribution in [2.24, 2.45) is 0 Å². The van der Waals surface area contributed by atoms with Gasteiger partial charge in [0.1, 0.15) is 0 Å². The van der Waals surface area contributed by atoms with E-state index in [4.69, 9.17) is 5.73 Å². The molecule has 0 aliphatic heterocycles. The van der Waals surface area contributed by atoms with Crippen molar-refractivity contribution in [3.8, 4) is 11.1 Å². The zero-order valence-electron chi connectivity index (χ0n) is 12.8. The Morgan fingerprint density at radius 3 is 1.91 bits per heavy atom. The van der Waals surface area contributed by atoms with Gasteiger partial charge in [-0.05, 0) is 28.8 Å². The second kappa shape index (κ2) is 6.31. The fourth-order valence-corrected chi connectivity index (χ4v) is 4.94. The van der Waals surface area contributed by atoms with E-state index in [1.54, 1.807) is 42.5 Å². The van der Waals surface area contributed by atoms with Crippen LogP contribution in [0.3, 0.4) is 0 Å². The van der Waals surface area contributed by atoms with Gasteiger partial charge in [-0.2, -0.15) is 0 Å². The largest absolute Gasteiger partial charge is 0.399 e. The summed E-state index contributed by atoms with van der Waals surface area (Å²) < 4.78 is 47.7. The van der Waals surface area contributed by atoms with E-state index in [1.807, 2.05) is 6.07 Å². The molecule has 0 unspecified atom stereocenters. The Kier molecular flexibility index (Phi) is 4.79. The molecule has 0 bridgehead atoms. The van der Waals surface area contributed by atoms with Gasteiger partial charge in [0, 0.05) is 5.69 Å². The highest BCUT2D eigenvalue weighted by molar-refractivity contribution is 8.03. The lowest BCUT2D eigenvalue weighted by atomic mass is 10.00. The van der Waals surface area contributed by atoms with Crippen LogP contribution in [0, 0.1) is 0 Å². The first-order chi connectivity index (χ1) is 10.6. The van der Waals surface area contributed by atoms with Crippen LogP contribution in [-0.4, -0.2) is 33.1 Å². The third-order valence-electron chi connectivity index (χ3n) is 3.28. The van der Waals surface area contributed by atoms with Crippen LogP contribution < -0.4 is 5.73 Å². The van der Waals surface area contributed by atoms with Gasteiger partial charge < -0.3 is 5.73 Å². The Morgan fingerprint density at radius 1 is 0.870 bits per heavy atom. The predicted octanol–water partition coefficient (Wildman–Crippen LogP) is 1.66. The van der Waals surface area contributed by atoms with E-state index in [0.29, 0.717) is 15.0 Å². The topological polar surface area (TPSA) is 97.5 Å². The summed E-state index contributed by atoms with van der Waals surface area (Å²) in [5, 5.41) is 0. The summed E-state index contributed by atoms with van der Waals surface area (Å²) >= 11 is 0. The molecule has 124 valence electrons. The van der Waals surface area contributed by atoms with Crippen LogP contribution in [-0.2, 0) is 26.6 Å². The average molecular weight is 354 g/mol. The summed E-state index contributed by atoms with van der Waals surface area (Å²) in [6.45, 7) is -0.252. The molecule has 2 aromatic carbocycles.